The molecule has 0 amide bonds. The molecule has 1 unspecified atom stereocenters. The van der Waals surface area contributed by atoms with Crippen LogP contribution in [-0.2, 0) is 9.22 Å². The van der Waals surface area contributed by atoms with E-state index in [1.54, 1.807) is 0 Å². The zero-order valence-corrected chi connectivity index (χ0v) is 12.7. The van der Waals surface area contributed by atoms with E-state index in [0.29, 0.717) is 24.0 Å². The Morgan fingerprint density at radius 2 is 2.22 bits per heavy atom. The number of carbonyl (C=O) groups excluding carboxylic acids is 1. The molecule has 0 bridgehead atoms. The van der Waals surface area contributed by atoms with Gasteiger partial charge in [-0.2, -0.15) is 0 Å². The van der Waals surface area contributed by atoms with Crippen LogP contribution >= 0.6 is 0 Å². The SMILES string of the molecule is C=CC[C@@H]1CC(=O)C2(O[Si](C)(C)C)CC=CC[C@H]12. The lowest BCUT2D eigenvalue weighted by Gasteiger charge is -2.41. The third-order valence-corrected chi connectivity index (χ3v) is 5.00. The van der Waals surface area contributed by atoms with Crippen molar-refractivity contribution in [3.8, 4) is 0 Å². The van der Waals surface area contributed by atoms with Crippen molar-refractivity contribution in [2.24, 2.45) is 11.8 Å². The maximum absolute atomic E-state index is 12.5. The minimum atomic E-state index is -1.71. The number of ketones is 1. The molecule has 0 radical (unpaired) electrons. The molecule has 2 aliphatic rings. The third-order valence-electron chi connectivity index (χ3n) is 4.02. The summed E-state index contributed by atoms with van der Waals surface area (Å²) in [5, 5.41) is 0. The molecule has 0 aromatic carbocycles. The van der Waals surface area contributed by atoms with Crippen LogP contribution in [0.25, 0.3) is 0 Å². The molecule has 1 saturated carbocycles. The molecule has 0 saturated heterocycles. The van der Waals surface area contributed by atoms with Crippen molar-refractivity contribution >= 4 is 14.1 Å². The van der Waals surface area contributed by atoms with Gasteiger partial charge in [0.2, 0.25) is 0 Å². The van der Waals surface area contributed by atoms with E-state index in [2.05, 4.69) is 38.4 Å². The summed E-state index contributed by atoms with van der Waals surface area (Å²) in [6, 6.07) is 0. The number of Topliss-reactive ketones (excluding diaryl/α,β-unsaturated/α-hetero) is 1. The van der Waals surface area contributed by atoms with Crippen LogP contribution < -0.4 is 0 Å². The summed E-state index contributed by atoms with van der Waals surface area (Å²) in [5.74, 6) is 1.11. The molecule has 0 aromatic heterocycles. The highest BCUT2D eigenvalue weighted by atomic mass is 28.4. The summed E-state index contributed by atoms with van der Waals surface area (Å²) in [6.07, 6.45) is 9.64. The molecule has 3 heteroatoms. The summed E-state index contributed by atoms with van der Waals surface area (Å²) < 4.78 is 6.38. The van der Waals surface area contributed by atoms with Gasteiger partial charge in [-0.1, -0.05) is 18.2 Å². The maximum Gasteiger partial charge on any atom is 0.185 e. The van der Waals surface area contributed by atoms with Crippen molar-refractivity contribution in [3.05, 3.63) is 24.8 Å². The molecule has 0 aromatic rings. The summed E-state index contributed by atoms with van der Waals surface area (Å²) >= 11 is 0. The quantitative estimate of drug-likeness (QED) is 0.571. The maximum atomic E-state index is 12.5. The van der Waals surface area contributed by atoms with E-state index in [1.807, 2.05) is 6.08 Å². The van der Waals surface area contributed by atoms with Gasteiger partial charge in [-0.25, -0.2) is 0 Å². The predicted molar refractivity (Wildman–Crippen MR) is 77.0 cm³/mol. The van der Waals surface area contributed by atoms with Gasteiger partial charge in [-0.05, 0) is 38.4 Å². The fraction of sp³-hybridized carbons (Fsp3) is 0.667. The van der Waals surface area contributed by atoms with Crippen molar-refractivity contribution in [2.75, 3.05) is 0 Å². The first-order chi connectivity index (χ1) is 8.39. The van der Waals surface area contributed by atoms with E-state index in [9.17, 15) is 4.79 Å². The Labute approximate surface area is 111 Å². The van der Waals surface area contributed by atoms with Crippen LogP contribution in [-0.4, -0.2) is 19.7 Å². The summed E-state index contributed by atoms with van der Waals surface area (Å²) in [7, 11) is -1.71. The zero-order chi connectivity index (χ0) is 13.4. The van der Waals surface area contributed by atoms with Gasteiger partial charge in [0.05, 0.1) is 0 Å². The normalized spacial score (nSPS) is 35.6. The minimum absolute atomic E-state index is 0.325. The number of hydrogen-bond donors (Lipinski definition) is 0. The molecule has 0 heterocycles. The van der Waals surface area contributed by atoms with Gasteiger partial charge < -0.3 is 4.43 Å². The van der Waals surface area contributed by atoms with Crippen LogP contribution in [0.5, 0.6) is 0 Å². The number of carbonyl (C=O) groups is 1. The summed E-state index contributed by atoms with van der Waals surface area (Å²) in [6.45, 7) is 10.3. The molecule has 2 aliphatic carbocycles. The Balaban J connectivity index is 2.31. The molecular formula is C15H24O2Si. The highest BCUT2D eigenvalue weighted by molar-refractivity contribution is 6.70. The third kappa shape index (κ3) is 2.38. The van der Waals surface area contributed by atoms with Crippen molar-refractivity contribution < 1.29 is 9.22 Å². The topological polar surface area (TPSA) is 26.3 Å². The average Bonchev–Trinajstić information content (AvgIpc) is 2.51. The highest BCUT2D eigenvalue weighted by Gasteiger charge is 2.56. The first-order valence-corrected chi connectivity index (χ1v) is 10.3. The standard InChI is InChI=1S/C15H24O2Si/c1-5-8-12-11-14(16)15(17-18(2,3)4)10-7-6-9-13(12)15/h5-7,12-13H,1,8-11H2,2-4H3/t12-,13-,15?/m1/s1. The van der Waals surface area contributed by atoms with Crippen LogP contribution in [0.2, 0.25) is 19.6 Å². The molecule has 0 aliphatic heterocycles. The second-order valence-electron chi connectivity index (χ2n) is 6.53. The molecule has 2 nitrogen and oxygen atoms in total. The van der Waals surface area contributed by atoms with Crippen LogP contribution in [0, 0.1) is 11.8 Å². The van der Waals surface area contributed by atoms with Gasteiger partial charge in [-0.15, -0.1) is 6.58 Å². The Hall–Kier alpha value is -0.673. The first-order valence-electron chi connectivity index (χ1n) is 6.88. The monoisotopic (exact) mass is 264 g/mol. The molecule has 0 spiro atoms. The fourth-order valence-electron chi connectivity index (χ4n) is 3.47. The van der Waals surface area contributed by atoms with Crippen molar-refractivity contribution in [1.82, 2.24) is 0 Å². The van der Waals surface area contributed by atoms with Crippen LogP contribution in [0.1, 0.15) is 25.7 Å². The van der Waals surface area contributed by atoms with E-state index >= 15 is 0 Å². The lowest BCUT2D eigenvalue weighted by molar-refractivity contribution is -0.134. The van der Waals surface area contributed by atoms with Crippen LogP contribution in [0.15, 0.2) is 24.8 Å². The second kappa shape index (κ2) is 4.78. The number of rotatable bonds is 4. The molecule has 18 heavy (non-hydrogen) atoms. The lowest BCUT2D eigenvalue weighted by Crippen LogP contribution is -2.51. The minimum Gasteiger partial charge on any atom is -0.404 e. The summed E-state index contributed by atoms with van der Waals surface area (Å²) in [4.78, 5) is 12.5. The molecule has 1 fully saturated rings. The van der Waals surface area contributed by atoms with E-state index in [1.165, 1.54) is 0 Å². The average molecular weight is 264 g/mol. The highest BCUT2D eigenvalue weighted by Crippen LogP contribution is 2.49. The summed E-state index contributed by atoms with van der Waals surface area (Å²) in [5.41, 5.74) is -0.507. The van der Waals surface area contributed by atoms with Gasteiger partial charge in [0, 0.05) is 18.8 Å². The van der Waals surface area contributed by atoms with E-state index in [4.69, 9.17) is 4.43 Å². The van der Waals surface area contributed by atoms with E-state index in [-0.39, 0.29) is 0 Å². The van der Waals surface area contributed by atoms with Crippen molar-refractivity contribution in [2.45, 2.75) is 50.9 Å². The number of fused-ring (bicyclic) bond motifs is 1. The van der Waals surface area contributed by atoms with Gasteiger partial charge in [0.1, 0.15) is 5.60 Å². The first kappa shape index (κ1) is 13.8. The molecule has 0 N–H and O–H groups in total. The molecule has 3 atom stereocenters. The fourth-order valence-corrected chi connectivity index (χ4v) is 4.91. The largest absolute Gasteiger partial charge is 0.404 e. The Bertz CT molecular complexity index is 380. The number of allylic oxidation sites excluding steroid dienone is 2. The second-order valence-corrected chi connectivity index (χ2v) is 11.0. The smallest absolute Gasteiger partial charge is 0.185 e. The van der Waals surface area contributed by atoms with E-state index in [0.717, 1.165) is 19.3 Å². The van der Waals surface area contributed by atoms with Gasteiger partial charge in [0.25, 0.3) is 0 Å². The predicted octanol–water partition coefficient (Wildman–Crippen LogP) is 3.71. The number of hydrogen-bond acceptors (Lipinski definition) is 2. The zero-order valence-electron chi connectivity index (χ0n) is 11.7. The lowest BCUT2D eigenvalue weighted by atomic mass is 9.77. The van der Waals surface area contributed by atoms with Crippen LogP contribution in [0.3, 0.4) is 0 Å². The van der Waals surface area contributed by atoms with Gasteiger partial charge in [-0.3, -0.25) is 4.79 Å². The Kier molecular flexibility index (Phi) is 3.65. The Morgan fingerprint density at radius 3 is 2.83 bits per heavy atom. The molecule has 2 rings (SSSR count). The van der Waals surface area contributed by atoms with Gasteiger partial charge >= 0.3 is 0 Å². The van der Waals surface area contributed by atoms with E-state index < -0.39 is 13.9 Å². The van der Waals surface area contributed by atoms with Crippen LogP contribution in [0.4, 0.5) is 0 Å². The molecule has 100 valence electrons. The van der Waals surface area contributed by atoms with Crippen molar-refractivity contribution in [3.63, 3.8) is 0 Å². The Morgan fingerprint density at radius 1 is 1.50 bits per heavy atom. The van der Waals surface area contributed by atoms with Gasteiger partial charge in [0.15, 0.2) is 14.1 Å². The molecular weight excluding hydrogens is 240 g/mol. The van der Waals surface area contributed by atoms with Crippen molar-refractivity contribution in [1.29, 1.82) is 0 Å².